The molecule has 19 heavy (non-hydrogen) atoms. The van der Waals surface area contributed by atoms with Crippen molar-refractivity contribution in [2.45, 2.75) is 24.3 Å². The van der Waals surface area contributed by atoms with Gasteiger partial charge in [0.25, 0.3) is 0 Å². The van der Waals surface area contributed by atoms with Crippen LogP contribution in [-0.2, 0) is 0 Å². The van der Waals surface area contributed by atoms with Crippen molar-refractivity contribution in [3.63, 3.8) is 0 Å². The molecular formula is C14H16ClN3S. The van der Waals surface area contributed by atoms with Crippen LogP contribution in [0.5, 0.6) is 0 Å². The Morgan fingerprint density at radius 2 is 2.00 bits per heavy atom. The molecule has 1 N–H and O–H groups in total. The first-order valence-corrected chi connectivity index (χ1v) is 7.70. The predicted molar refractivity (Wildman–Crippen MR) is 80.3 cm³/mol. The fraction of sp³-hybridized carbons (Fsp3) is 0.357. The van der Waals surface area contributed by atoms with Gasteiger partial charge in [0.1, 0.15) is 5.15 Å². The summed E-state index contributed by atoms with van der Waals surface area (Å²) in [7, 11) is 0. The number of aromatic amines is 1. The summed E-state index contributed by atoms with van der Waals surface area (Å²) in [6, 6.07) is 6.04. The molecule has 0 aromatic carbocycles. The monoisotopic (exact) mass is 293 g/mol. The fourth-order valence-electron chi connectivity index (χ4n) is 2.27. The molecule has 1 saturated heterocycles. The highest BCUT2D eigenvalue weighted by molar-refractivity contribution is 7.97. The van der Waals surface area contributed by atoms with Crippen LogP contribution in [0, 0.1) is 0 Å². The van der Waals surface area contributed by atoms with E-state index in [-0.39, 0.29) is 0 Å². The molecule has 3 nitrogen and oxygen atoms in total. The van der Waals surface area contributed by atoms with Gasteiger partial charge in [-0.25, -0.2) is 9.29 Å². The molecule has 0 spiro atoms. The fourth-order valence-corrected chi connectivity index (χ4v) is 3.45. The number of piperidine rings is 1. The Morgan fingerprint density at radius 3 is 2.79 bits per heavy atom. The van der Waals surface area contributed by atoms with Gasteiger partial charge < -0.3 is 4.98 Å². The molecule has 3 heterocycles. The van der Waals surface area contributed by atoms with Gasteiger partial charge in [-0.3, -0.25) is 0 Å². The van der Waals surface area contributed by atoms with E-state index in [4.69, 9.17) is 11.6 Å². The van der Waals surface area contributed by atoms with E-state index in [1.54, 1.807) is 6.20 Å². The quantitative estimate of drug-likeness (QED) is 0.679. The van der Waals surface area contributed by atoms with Gasteiger partial charge in [0.15, 0.2) is 0 Å². The molecule has 0 bridgehead atoms. The number of aromatic nitrogens is 2. The van der Waals surface area contributed by atoms with E-state index < -0.39 is 0 Å². The topological polar surface area (TPSA) is 31.9 Å². The maximum absolute atomic E-state index is 5.92. The van der Waals surface area contributed by atoms with Crippen molar-refractivity contribution in [1.29, 1.82) is 0 Å². The molecule has 0 saturated carbocycles. The van der Waals surface area contributed by atoms with Crippen molar-refractivity contribution < 1.29 is 0 Å². The Bertz CT molecular complexity index is 549. The van der Waals surface area contributed by atoms with Crippen molar-refractivity contribution in [1.82, 2.24) is 14.3 Å². The number of hydrogen-bond acceptors (Lipinski definition) is 3. The molecular weight excluding hydrogens is 278 g/mol. The number of hydrogen-bond donors (Lipinski definition) is 1. The third-order valence-electron chi connectivity index (χ3n) is 3.26. The number of rotatable bonds is 3. The van der Waals surface area contributed by atoms with Crippen LogP contribution in [0.3, 0.4) is 0 Å². The summed E-state index contributed by atoms with van der Waals surface area (Å²) in [4.78, 5) is 7.34. The predicted octanol–water partition coefficient (Wildman–Crippen LogP) is 4.22. The third-order valence-corrected chi connectivity index (χ3v) is 4.52. The zero-order valence-electron chi connectivity index (χ0n) is 10.6. The summed E-state index contributed by atoms with van der Waals surface area (Å²) in [5.41, 5.74) is 2.26. The van der Waals surface area contributed by atoms with Gasteiger partial charge in [-0.05, 0) is 48.6 Å². The lowest BCUT2D eigenvalue weighted by Gasteiger charge is -2.24. The van der Waals surface area contributed by atoms with E-state index in [0.29, 0.717) is 5.15 Å². The lowest BCUT2D eigenvalue weighted by atomic mass is 10.1. The van der Waals surface area contributed by atoms with Gasteiger partial charge in [-0.2, -0.15) is 0 Å². The van der Waals surface area contributed by atoms with Crippen LogP contribution in [0.25, 0.3) is 11.1 Å². The first kappa shape index (κ1) is 13.0. The molecule has 5 heteroatoms. The number of nitrogens with zero attached hydrogens (tertiary/aromatic N) is 2. The molecule has 100 valence electrons. The smallest absolute Gasteiger partial charge is 0.129 e. The minimum atomic E-state index is 0.531. The molecule has 0 aliphatic carbocycles. The molecule has 2 aromatic rings. The average molecular weight is 294 g/mol. The minimum absolute atomic E-state index is 0.531. The van der Waals surface area contributed by atoms with E-state index in [9.17, 15) is 0 Å². The van der Waals surface area contributed by atoms with Crippen molar-refractivity contribution in [3.8, 4) is 11.1 Å². The summed E-state index contributed by atoms with van der Waals surface area (Å²) in [6.45, 7) is 2.36. The minimum Gasteiger partial charge on any atom is -0.355 e. The maximum atomic E-state index is 5.92. The average Bonchev–Trinajstić information content (AvgIpc) is 2.88. The SMILES string of the molecule is Clc1cc(-c2c[nH]c(SN3CCCCC3)c2)ccn1. The molecule has 0 radical (unpaired) electrons. The second kappa shape index (κ2) is 5.99. The maximum Gasteiger partial charge on any atom is 0.129 e. The van der Waals surface area contributed by atoms with Gasteiger partial charge >= 0.3 is 0 Å². The van der Waals surface area contributed by atoms with Gasteiger partial charge in [-0.1, -0.05) is 18.0 Å². The van der Waals surface area contributed by atoms with Crippen LogP contribution in [0.1, 0.15) is 19.3 Å². The zero-order valence-corrected chi connectivity index (χ0v) is 12.2. The highest BCUT2D eigenvalue weighted by atomic mass is 35.5. The summed E-state index contributed by atoms with van der Waals surface area (Å²) in [5, 5.41) is 1.72. The Hall–Kier alpha value is -0.970. The highest BCUT2D eigenvalue weighted by Gasteiger charge is 2.12. The molecule has 2 aromatic heterocycles. The second-order valence-corrected chi connectivity index (χ2v) is 6.23. The Kier molecular flexibility index (Phi) is 4.11. The standard InChI is InChI=1S/C14H16ClN3S/c15-13-8-11(4-5-16-13)12-9-14(17-10-12)19-18-6-2-1-3-7-18/h4-5,8-10,17H,1-3,6-7H2. The number of H-pyrrole nitrogens is 1. The zero-order chi connectivity index (χ0) is 13.1. The number of nitrogens with one attached hydrogen (secondary N) is 1. The van der Waals surface area contributed by atoms with E-state index in [1.165, 1.54) is 37.4 Å². The number of halogens is 1. The largest absolute Gasteiger partial charge is 0.355 e. The van der Waals surface area contributed by atoms with Crippen LogP contribution >= 0.6 is 23.5 Å². The molecule has 0 atom stereocenters. The lowest BCUT2D eigenvalue weighted by Crippen LogP contribution is -2.22. The van der Waals surface area contributed by atoms with Crippen molar-refractivity contribution in [2.75, 3.05) is 13.1 Å². The van der Waals surface area contributed by atoms with E-state index in [0.717, 1.165) is 11.1 Å². The van der Waals surface area contributed by atoms with Crippen molar-refractivity contribution in [3.05, 3.63) is 35.7 Å². The van der Waals surface area contributed by atoms with Gasteiger partial charge in [0.2, 0.25) is 0 Å². The third kappa shape index (κ3) is 3.32. The van der Waals surface area contributed by atoms with Crippen molar-refractivity contribution >= 4 is 23.5 Å². The Balaban J connectivity index is 1.72. The van der Waals surface area contributed by atoms with E-state index in [1.807, 2.05) is 30.3 Å². The van der Waals surface area contributed by atoms with Crippen LogP contribution in [0.2, 0.25) is 5.15 Å². The molecule has 0 amide bonds. The molecule has 0 unspecified atom stereocenters. The summed E-state index contributed by atoms with van der Waals surface area (Å²) >= 11 is 7.74. The first-order valence-electron chi connectivity index (χ1n) is 6.54. The molecule has 1 fully saturated rings. The second-order valence-electron chi connectivity index (χ2n) is 4.70. The van der Waals surface area contributed by atoms with Crippen LogP contribution in [0.15, 0.2) is 35.6 Å². The normalized spacial score (nSPS) is 16.7. The van der Waals surface area contributed by atoms with Crippen LogP contribution in [-0.4, -0.2) is 27.4 Å². The van der Waals surface area contributed by atoms with Crippen LogP contribution < -0.4 is 0 Å². The summed E-state index contributed by atoms with van der Waals surface area (Å²) in [6.07, 6.45) is 7.74. The molecule has 1 aliphatic rings. The van der Waals surface area contributed by atoms with Gasteiger partial charge in [-0.15, -0.1) is 0 Å². The molecule has 3 rings (SSSR count). The highest BCUT2D eigenvalue weighted by Crippen LogP contribution is 2.29. The van der Waals surface area contributed by atoms with Crippen LogP contribution in [0.4, 0.5) is 0 Å². The number of pyridine rings is 1. The molecule has 1 aliphatic heterocycles. The van der Waals surface area contributed by atoms with Gasteiger partial charge in [0, 0.05) is 31.0 Å². The Labute approximate surface area is 122 Å². The lowest BCUT2D eigenvalue weighted by molar-refractivity contribution is 0.380. The summed E-state index contributed by atoms with van der Waals surface area (Å²) in [5.74, 6) is 0. The Morgan fingerprint density at radius 1 is 1.16 bits per heavy atom. The van der Waals surface area contributed by atoms with Crippen molar-refractivity contribution in [2.24, 2.45) is 0 Å². The summed E-state index contributed by atoms with van der Waals surface area (Å²) < 4.78 is 2.43. The van der Waals surface area contributed by atoms with E-state index in [2.05, 4.69) is 20.3 Å². The van der Waals surface area contributed by atoms with E-state index >= 15 is 0 Å². The first-order chi connectivity index (χ1) is 9.31. The van der Waals surface area contributed by atoms with Gasteiger partial charge in [0.05, 0.1) is 5.03 Å².